The van der Waals surface area contributed by atoms with Crippen molar-refractivity contribution in [2.75, 3.05) is 0 Å². The minimum Gasteiger partial charge on any atom is -0.346 e. The Morgan fingerprint density at radius 2 is 1.00 bits per heavy atom. The summed E-state index contributed by atoms with van der Waals surface area (Å²) in [6.07, 6.45) is 1.00. The maximum absolute atomic E-state index is 3.49. The Bertz CT molecular complexity index is 8.88. The first-order valence-corrected chi connectivity index (χ1v) is 2.62. The Morgan fingerprint density at radius 1 is 1.00 bits per heavy atom. The topological polar surface area (TPSA) is 0 Å². The van der Waals surface area contributed by atoms with Crippen LogP contribution in [0.3, 0.4) is 0 Å². The molecule has 0 unspecified atom stereocenters. The van der Waals surface area contributed by atoms with E-state index in [1.165, 1.54) is 0 Å². The molecule has 0 nitrogen and oxygen atoms in total. The largest absolute Gasteiger partial charge is 0.346 e. The van der Waals surface area contributed by atoms with Crippen LogP contribution in [0.2, 0.25) is 0 Å². The minimum absolute atomic E-state index is 0. The molecule has 0 bridgehead atoms. The van der Waals surface area contributed by atoms with Crippen LogP contribution >= 0.6 is 0 Å². The van der Waals surface area contributed by atoms with Gasteiger partial charge in [-0.05, 0) is 0 Å². The van der Waals surface area contributed by atoms with E-state index in [1.807, 2.05) is 6.92 Å². The quantitative estimate of drug-likeness (QED) is 0.597. The smallest absolute Gasteiger partial charge is 0 e. The Balaban J connectivity index is -0.00000000825. The summed E-state index contributed by atoms with van der Waals surface area (Å²) in [5, 5.41) is 0. The molecule has 0 amide bonds. The van der Waals surface area contributed by atoms with Crippen LogP contribution in [0.5, 0.6) is 0 Å². The van der Waals surface area contributed by atoms with Crippen LogP contribution in [0.4, 0.5) is 0 Å². The summed E-state index contributed by atoms with van der Waals surface area (Å²) in [5.41, 5.74) is 0. The zero-order chi connectivity index (χ0) is 6.71. The standard InChI is InChI=1S/C3H7.2C2H5.V.W/c1-3-2;2*1-2;;/h1,3H2,2H3;2*1H2,2H3;;/q3*-1;;. The van der Waals surface area contributed by atoms with Crippen molar-refractivity contribution in [1.82, 2.24) is 0 Å². The zero-order valence-corrected chi connectivity index (χ0v) is 11.0. The van der Waals surface area contributed by atoms with E-state index in [-0.39, 0.29) is 39.6 Å². The van der Waals surface area contributed by atoms with Crippen LogP contribution in [-0.2, 0) is 39.6 Å². The maximum atomic E-state index is 3.49. The van der Waals surface area contributed by atoms with Gasteiger partial charge in [-0.25, -0.2) is 0 Å². The third-order valence-corrected chi connectivity index (χ3v) is 0. The molecule has 0 fully saturated rings. The number of rotatable bonds is 0. The molecule has 0 heterocycles. The Labute approximate surface area is 87.3 Å². The SMILES string of the molecule is [CH2-]C.[CH2-]C.[CH2-]CC.[V].[W]. The molecule has 0 N–H and O–H groups in total. The van der Waals surface area contributed by atoms with Crippen LogP contribution in [0, 0.1) is 20.8 Å². The third-order valence-electron chi connectivity index (χ3n) is 0. The van der Waals surface area contributed by atoms with Gasteiger partial charge in [-0.1, -0.05) is 6.92 Å². The van der Waals surface area contributed by atoms with E-state index in [1.54, 1.807) is 13.8 Å². The molecule has 0 aliphatic carbocycles. The minimum atomic E-state index is 0. The normalized spacial score (nSPS) is 3.33. The van der Waals surface area contributed by atoms with E-state index in [0.717, 1.165) is 6.42 Å². The second kappa shape index (κ2) is 123. The molecule has 1 radical (unpaired) electrons. The van der Waals surface area contributed by atoms with Crippen molar-refractivity contribution in [1.29, 1.82) is 0 Å². The average Bonchev–Trinajstić information content (AvgIpc) is 1.78. The molecule has 0 aliphatic heterocycles. The van der Waals surface area contributed by atoms with Crippen molar-refractivity contribution >= 4 is 0 Å². The number of hydrogen-bond donors (Lipinski definition) is 0. The molecule has 0 aromatic heterocycles. The van der Waals surface area contributed by atoms with Crippen LogP contribution in [-0.4, -0.2) is 0 Å². The number of hydrogen-bond acceptors (Lipinski definition) is 0. The van der Waals surface area contributed by atoms with E-state index < -0.39 is 0 Å². The summed E-state index contributed by atoms with van der Waals surface area (Å²) in [6.45, 7) is 15.5. The Hall–Kier alpha value is 1.27. The van der Waals surface area contributed by atoms with E-state index in [2.05, 4.69) is 20.8 Å². The van der Waals surface area contributed by atoms with Gasteiger partial charge < -0.3 is 20.8 Å². The van der Waals surface area contributed by atoms with Gasteiger partial charge >= 0.3 is 0 Å². The molecule has 0 rings (SSSR count). The summed E-state index contributed by atoms with van der Waals surface area (Å²) in [4.78, 5) is 0. The summed E-state index contributed by atoms with van der Waals surface area (Å²) in [6, 6.07) is 0. The van der Waals surface area contributed by atoms with Gasteiger partial charge in [0.05, 0.1) is 0 Å². The van der Waals surface area contributed by atoms with Gasteiger partial charge in [0.2, 0.25) is 0 Å². The fourth-order valence-corrected chi connectivity index (χ4v) is 0. The van der Waals surface area contributed by atoms with Crippen molar-refractivity contribution in [3.8, 4) is 0 Å². The first-order chi connectivity index (χ1) is 3.41. The van der Waals surface area contributed by atoms with E-state index in [9.17, 15) is 0 Å². The van der Waals surface area contributed by atoms with Crippen molar-refractivity contribution < 1.29 is 39.6 Å². The third kappa shape index (κ3) is 303. The van der Waals surface area contributed by atoms with Crippen LogP contribution < -0.4 is 0 Å². The summed E-state index contributed by atoms with van der Waals surface area (Å²) >= 11 is 0. The predicted molar refractivity (Wildman–Crippen MR) is 37.7 cm³/mol. The zero-order valence-electron chi connectivity index (χ0n) is 6.68. The summed E-state index contributed by atoms with van der Waals surface area (Å²) in [5.74, 6) is 0. The summed E-state index contributed by atoms with van der Waals surface area (Å²) in [7, 11) is 0. The molecule has 9 heavy (non-hydrogen) atoms. The van der Waals surface area contributed by atoms with Gasteiger partial charge in [-0.15, -0.1) is 0 Å². The first-order valence-electron chi connectivity index (χ1n) is 2.62. The second-order valence-electron chi connectivity index (χ2n) is 0.500. The molecule has 0 atom stereocenters. The molecule has 0 aromatic rings. The molecule has 0 aliphatic rings. The molecule has 0 saturated heterocycles. The first kappa shape index (κ1) is 31.8. The van der Waals surface area contributed by atoms with Crippen LogP contribution in [0.25, 0.3) is 0 Å². The van der Waals surface area contributed by atoms with Gasteiger partial charge in [0.15, 0.2) is 0 Å². The molecule has 0 spiro atoms. The molecule has 2 heteroatoms. The van der Waals surface area contributed by atoms with Crippen molar-refractivity contribution in [2.24, 2.45) is 0 Å². The van der Waals surface area contributed by atoms with E-state index in [4.69, 9.17) is 0 Å². The summed E-state index contributed by atoms with van der Waals surface area (Å²) < 4.78 is 0. The van der Waals surface area contributed by atoms with Gasteiger partial charge in [0.25, 0.3) is 0 Å². The average molecular weight is 336 g/mol. The van der Waals surface area contributed by atoms with Crippen molar-refractivity contribution in [3.05, 3.63) is 20.8 Å². The molecule has 0 saturated carbocycles. The van der Waals surface area contributed by atoms with E-state index in [0.29, 0.717) is 0 Å². The van der Waals surface area contributed by atoms with Crippen LogP contribution in [0.15, 0.2) is 0 Å². The monoisotopic (exact) mass is 336 g/mol. The van der Waals surface area contributed by atoms with Crippen LogP contribution in [0.1, 0.15) is 27.2 Å². The Morgan fingerprint density at radius 3 is 1.00 bits per heavy atom. The van der Waals surface area contributed by atoms with Gasteiger partial charge in [0.1, 0.15) is 0 Å². The van der Waals surface area contributed by atoms with E-state index >= 15 is 0 Å². The molecule has 59 valence electrons. The van der Waals surface area contributed by atoms with Gasteiger partial charge in [0, 0.05) is 39.6 Å². The fraction of sp³-hybridized carbons (Fsp3) is 0.571. The maximum Gasteiger partial charge on any atom is 0 e. The Kier molecular flexibility index (Phi) is 434. The second-order valence-corrected chi connectivity index (χ2v) is 0.500. The molecular weight excluding hydrogens is 319 g/mol. The molecular formula is C7H17VW-3. The fourth-order valence-electron chi connectivity index (χ4n) is 0. The van der Waals surface area contributed by atoms with Gasteiger partial charge in [-0.3, -0.25) is 0 Å². The van der Waals surface area contributed by atoms with Crippen molar-refractivity contribution in [2.45, 2.75) is 27.2 Å². The van der Waals surface area contributed by atoms with Crippen molar-refractivity contribution in [3.63, 3.8) is 0 Å². The predicted octanol–water partition coefficient (Wildman–Crippen LogP) is 2.91. The van der Waals surface area contributed by atoms with Gasteiger partial charge in [-0.2, -0.15) is 20.3 Å². The molecule has 0 aromatic carbocycles.